The molecule has 8 rings (SSSR count). The van der Waals surface area contributed by atoms with Gasteiger partial charge in [0.1, 0.15) is 18.5 Å². The number of aryl methyl sites for hydroxylation is 1. The van der Waals surface area contributed by atoms with Crippen LogP contribution < -0.4 is 19.7 Å². The first-order chi connectivity index (χ1) is 26.4. The molecule has 278 valence electrons. The van der Waals surface area contributed by atoms with Gasteiger partial charge >= 0.3 is 6.09 Å². The minimum atomic E-state index is -0.945. The van der Waals surface area contributed by atoms with Crippen molar-refractivity contribution in [3.05, 3.63) is 108 Å². The van der Waals surface area contributed by atoms with E-state index >= 15 is 0 Å². The van der Waals surface area contributed by atoms with Crippen molar-refractivity contribution in [2.45, 2.75) is 45.3 Å². The molecule has 13 heteroatoms. The SMILES string of the molecule is COc1ccc(COc2cc(N3CCOCC3)cc(-c3cccc4c3Sc3ccc(NC(c5ccc(C)cn5)C5CN(C(=O)O)CCO5)cc3S4)n2)cc1. The van der Waals surface area contributed by atoms with Gasteiger partial charge in [-0.2, -0.15) is 0 Å². The number of rotatable bonds is 10. The van der Waals surface area contributed by atoms with Crippen LogP contribution in [0.3, 0.4) is 0 Å². The summed E-state index contributed by atoms with van der Waals surface area (Å²) in [4.78, 5) is 29.9. The molecule has 5 aromatic rings. The van der Waals surface area contributed by atoms with Gasteiger partial charge in [0.05, 0.1) is 50.9 Å². The van der Waals surface area contributed by atoms with Gasteiger partial charge in [0.25, 0.3) is 0 Å². The molecular weight excluding hydrogens is 723 g/mol. The molecule has 0 aliphatic carbocycles. The van der Waals surface area contributed by atoms with E-state index in [1.54, 1.807) is 30.6 Å². The Hall–Kier alpha value is -4.95. The number of nitrogens with zero attached hydrogens (tertiary/aromatic N) is 4. The van der Waals surface area contributed by atoms with E-state index in [2.05, 4.69) is 52.7 Å². The molecule has 3 aliphatic rings. The first kappa shape index (κ1) is 36.0. The molecule has 0 spiro atoms. The third-order valence-corrected chi connectivity index (χ3v) is 12.2. The maximum Gasteiger partial charge on any atom is 0.407 e. The highest BCUT2D eigenvalue weighted by Crippen LogP contribution is 2.52. The number of carboxylic acid groups (broad SMARTS) is 1. The molecule has 0 bridgehead atoms. The second kappa shape index (κ2) is 16.2. The van der Waals surface area contributed by atoms with Crippen molar-refractivity contribution >= 4 is 41.0 Å². The van der Waals surface area contributed by atoms with Crippen LogP contribution in [0.1, 0.15) is 22.9 Å². The van der Waals surface area contributed by atoms with Crippen LogP contribution in [0.15, 0.2) is 111 Å². The molecule has 3 aromatic carbocycles. The summed E-state index contributed by atoms with van der Waals surface area (Å²) >= 11 is 3.47. The summed E-state index contributed by atoms with van der Waals surface area (Å²) in [7, 11) is 1.66. The molecule has 2 unspecified atom stereocenters. The number of morpholine rings is 2. The van der Waals surface area contributed by atoms with E-state index in [1.807, 2.05) is 55.6 Å². The van der Waals surface area contributed by atoms with Crippen LogP contribution >= 0.6 is 23.5 Å². The van der Waals surface area contributed by atoms with Gasteiger partial charge in [0, 0.05) is 68.4 Å². The first-order valence-corrected chi connectivity index (χ1v) is 19.6. The Balaban J connectivity index is 1.06. The van der Waals surface area contributed by atoms with E-state index in [0.717, 1.165) is 77.9 Å². The fraction of sp³-hybridized carbons (Fsp3) is 0.293. The monoisotopic (exact) mass is 763 g/mol. The van der Waals surface area contributed by atoms with Crippen LogP contribution in [0, 0.1) is 6.92 Å². The summed E-state index contributed by atoms with van der Waals surface area (Å²) in [5.41, 5.74) is 6.74. The number of anilines is 2. The number of methoxy groups -OCH3 is 1. The number of aromatic nitrogens is 2. The lowest BCUT2D eigenvalue weighted by molar-refractivity contribution is -0.0313. The second-order valence-corrected chi connectivity index (χ2v) is 15.4. The van der Waals surface area contributed by atoms with Crippen molar-refractivity contribution in [2.24, 2.45) is 0 Å². The average Bonchev–Trinajstić information content (AvgIpc) is 3.22. The topological polar surface area (TPSA) is 119 Å². The molecule has 0 radical (unpaired) electrons. The van der Waals surface area contributed by atoms with Crippen LogP contribution in [-0.4, -0.2) is 85.3 Å². The van der Waals surface area contributed by atoms with Crippen LogP contribution in [-0.2, 0) is 16.1 Å². The Morgan fingerprint density at radius 2 is 1.81 bits per heavy atom. The number of hydrogen-bond acceptors (Lipinski definition) is 11. The average molecular weight is 764 g/mol. The van der Waals surface area contributed by atoms with Gasteiger partial charge in [-0.15, -0.1) is 0 Å². The minimum absolute atomic E-state index is 0.253. The smallest absolute Gasteiger partial charge is 0.407 e. The molecule has 54 heavy (non-hydrogen) atoms. The van der Waals surface area contributed by atoms with E-state index in [-0.39, 0.29) is 12.6 Å². The third kappa shape index (κ3) is 8.09. The highest BCUT2D eigenvalue weighted by atomic mass is 32.2. The van der Waals surface area contributed by atoms with Gasteiger partial charge in [-0.25, -0.2) is 9.78 Å². The normalized spacial score (nSPS) is 17.3. The Morgan fingerprint density at radius 3 is 2.59 bits per heavy atom. The second-order valence-electron chi connectivity index (χ2n) is 13.3. The molecule has 2 aromatic heterocycles. The zero-order chi connectivity index (χ0) is 37.0. The zero-order valence-electron chi connectivity index (χ0n) is 30.1. The van der Waals surface area contributed by atoms with E-state index in [1.165, 1.54) is 4.90 Å². The maximum absolute atomic E-state index is 11.9. The molecule has 1 amide bonds. The number of hydrogen-bond donors (Lipinski definition) is 2. The van der Waals surface area contributed by atoms with Crippen molar-refractivity contribution in [2.75, 3.05) is 63.3 Å². The lowest BCUT2D eigenvalue weighted by Gasteiger charge is -2.36. The molecule has 0 saturated carbocycles. The number of carbonyl (C=O) groups is 1. The van der Waals surface area contributed by atoms with Gasteiger partial charge in [0.15, 0.2) is 0 Å². The molecule has 2 N–H and O–H groups in total. The molecule has 2 saturated heterocycles. The molecule has 3 aliphatic heterocycles. The Morgan fingerprint density at radius 1 is 0.963 bits per heavy atom. The number of fused-ring (bicyclic) bond motifs is 2. The van der Waals surface area contributed by atoms with Crippen molar-refractivity contribution in [1.82, 2.24) is 14.9 Å². The van der Waals surface area contributed by atoms with E-state index < -0.39 is 12.2 Å². The van der Waals surface area contributed by atoms with Crippen LogP contribution in [0.25, 0.3) is 11.3 Å². The fourth-order valence-corrected chi connectivity index (χ4v) is 9.14. The highest BCUT2D eigenvalue weighted by molar-refractivity contribution is 8.05. The zero-order valence-corrected chi connectivity index (χ0v) is 31.7. The summed E-state index contributed by atoms with van der Waals surface area (Å²) in [5, 5.41) is 13.4. The standard InChI is InChI=1S/C41H41N5O6S2/c1-26-6-12-32(42-23-26)39(34-24-46(41(47)48)16-19-51-34)43-28-9-13-35-37(20-28)53-36-5-3-4-31(40(36)54-35)33-21-29(45-14-17-50-18-15-45)22-38(44-33)52-25-27-7-10-30(49-2)11-8-27/h3-13,20-23,34,39,43H,14-19,24-25H2,1-2H3,(H,47,48). The summed E-state index contributed by atoms with van der Waals surface area (Å²) in [6, 6.07) is 28.4. The van der Waals surface area contributed by atoms with Gasteiger partial charge in [-0.05, 0) is 66.6 Å². The third-order valence-electron chi connectivity index (χ3n) is 9.65. The van der Waals surface area contributed by atoms with Gasteiger partial charge < -0.3 is 39.2 Å². The lowest BCUT2D eigenvalue weighted by atomic mass is 10.0. The van der Waals surface area contributed by atoms with E-state index in [9.17, 15) is 9.90 Å². The maximum atomic E-state index is 11.9. The largest absolute Gasteiger partial charge is 0.497 e. The van der Waals surface area contributed by atoms with Gasteiger partial charge in [0.2, 0.25) is 5.88 Å². The van der Waals surface area contributed by atoms with Crippen LogP contribution in [0.5, 0.6) is 11.6 Å². The molecular formula is C41H41N5O6S2. The number of nitrogens with one attached hydrogen (secondary N) is 1. The van der Waals surface area contributed by atoms with E-state index in [4.69, 9.17) is 28.9 Å². The van der Waals surface area contributed by atoms with Crippen molar-refractivity contribution in [3.63, 3.8) is 0 Å². The summed E-state index contributed by atoms with van der Waals surface area (Å²) in [6.45, 7) is 6.27. The minimum Gasteiger partial charge on any atom is -0.497 e. The van der Waals surface area contributed by atoms with Gasteiger partial charge in [-0.3, -0.25) is 4.98 Å². The predicted octanol–water partition coefficient (Wildman–Crippen LogP) is 8.02. The van der Waals surface area contributed by atoms with Crippen molar-refractivity contribution in [3.8, 4) is 22.9 Å². The first-order valence-electron chi connectivity index (χ1n) is 17.9. The lowest BCUT2D eigenvalue weighted by Crippen LogP contribution is -2.48. The van der Waals surface area contributed by atoms with Crippen molar-refractivity contribution < 1.29 is 28.8 Å². The Bertz CT molecular complexity index is 2110. The Kier molecular flexibility index (Phi) is 10.8. The Labute approximate surface area is 323 Å². The highest BCUT2D eigenvalue weighted by Gasteiger charge is 2.33. The summed E-state index contributed by atoms with van der Waals surface area (Å²) in [6.07, 6.45) is 0.480. The molecule has 2 atom stereocenters. The van der Waals surface area contributed by atoms with Crippen LogP contribution in [0.2, 0.25) is 0 Å². The van der Waals surface area contributed by atoms with Crippen LogP contribution in [0.4, 0.5) is 16.2 Å². The van der Waals surface area contributed by atoms with E-state index in [0.29, 0.717) is 38.9 Å². The quantitative estimate of drug-likeness (QED) is 0.141. The predicted molar refractivity (Wildman–Crippen MR) is 209 cm³/mol. The number of pyridine rings is 2. The number of amides is 1. The fourth-order valence-electron chi connectivity index (χ4n) is 6.73. The molecule has 2 fully saturated rings. The number of benzene rings is 3. The number of ether oxygens (including phenoxy) is 4. The van der Waals surface area contributed by atoms with Gasteiger partial charge in [-0.1, -0.05) is 53.9 Å². The van der Waals surface area contributed by atoms with Crippen molar-refractivity contribution in [1.29, 1.82) is 0 Å². The summed E-state index contributed by atoms with van der Waals surface area (Å²) < 4.78 is 23.5. The molecule has 5 heterocycles. The summed E-state index contributed by atoms with van der Waals surface area (Å²) in [5.74, 6) is 1.37. The molecule has 11 nitrogen and oxygen atoms in total.